The Balaban J connectivity index is 1.98. The second-order valence-corrected chi connectivity index (χ2v) is 5.78. The van der Waals surface area contributed by atoms with Crippen molar-refractivity contribution in [2.45, 2.75) is 26.3 Å². The average Bonchev–Trinajstić information content (AvgIpc) is 2.35. The van der Waals surface area contributed by atoms with E-state index >= 15 is 0 Å². The van der Waals surface area contributed by atoms with E-state index in [-0.39, 0.29) is 5.82 Å². The van der Waals surface area contributed by atoms with Crippen LogP contribution in [0.4, 0.5) is 4.39 Å². The number of halogens is 2. The summed E-state index contributed by atoms with van der Waals surface area (Å²) in [5.74, 6) is -1.07. The van der Waals surface area contributed by atoms with Crippen LogP contribution < -0.4 is 0 Å². The fourth-order valence-electron chi connectivity index (χ4n) is 2.31. The van der Waals surface area contributed by atoms with Gasteiger partial charge in [-0.15, -0.1) is 0 Å². The number of carboxylic acids is 1. The van der Waals surface area contributed by atoms with Gasteiger partial charge in [-0.2, -0.15) is 0 Å². The Morgan fingerprint density at radius 1 is 1.47 bits per heavy atom. The molecule has 0 amide bonds. The first kappa shape index (κ1) is 14.3. The molecule has 0 radical (unpaired) electrons. The predicted molar refractivity (Wildman–Crippen MR) is 71.7 cm³/mol. The van der Waals surface area contributed by atoms with Crippen LogP contribution in [0.1, 0.15) is 25.3 Å². The standard InChI is InChI=1S/C14H17ClFNO2/c1-14(13(18)19)4-6-17(7-5-14)9-10-2-3-11(16)8-12(10)15/h2-3,8H,4-7,9H2,1H3,(H,18,19). The second kappa shape index (κ2) is 5.47. The Kier molecular flexibility index (Phi) is 4.11. The van der Waals surface area contributed by atoms with Crippen molar-refractivity contribution in [3.8, 4) is 0 Å². The Morgan fingerprint density at radius 3 is 2.63 bits per heavy atom. The first-order chi connectivity index (χ1) is 8.90. The van der Waals surface area contributed by atoms with Gasteiger partial charge in [0.2, 0.25) is 0 Å². The van der Waals surface area contributed by atoms with Crippen LogP contribution in [0.5, 0.6) is 0 Å². The van der Waals surface area contributed by atoms with Gasteiger partial charge in [0, 0.05) is 11.6 Å². The zero-order valence-corrected chi connectivity index (χ0v) is 11.6. The summed E-state index contributed by atoms with van der Waals surface area (Å²) in [7, 11) is 0. The van der Waals surface area contributed by atoms with Gasteiger partial charge in [-0.1, -0.05) is 17.7 Å². The maximum Gasteiger partial charge on any atom is 0.309 e. The summed E-state index contributed by atoms with van der Waals surface area (Å²) >= 11 is 5.99. The monoisotopic (exact) mass is 285 g/mol. The number of piperidine rings is 1. The maximum atomic E-state index is 13.0. The molecule has 1 heterocycles. The van der Waals surface area contributed by atoms with Crippen molar-refractivity contribution in [2.75, 3.05) is 13.1 Å². The molecule has 0 bridgehead atoms. The number of carbonyl (C=O) groups is 1. The topological polar surface area (TPSA) is 40.5 Å². The molecule has 3 nitrogen and oxygen atoms in total. The lowest BCUT2D eigenvalue weighted by molar-refractivity contribution is -0.150. The van der Waals surface area contributed by atoms with Crippen LogP contribution in [0.25, 0.3) is 0 Å². The lowest BCUT2D eigenvalue weighted by atomic mass is 9.80. The smallest absolute Gasteiger partial charge is 0.309 e. The molecule has 1 N–H and O–H groups in total. The van der Waals surface area contributed by atoms with Gasteiger partial charge < -0.3 is 5.11 Å². The lowest BCUT2D eigenvalue weighted by Gasteiger charge is -2.36. The van der Waals surface area contributed by atoms with Crippen LogP contribution in [-0.4, -0.2) is 29.1 Å². The number of benzene rings is 1. The maximum absolute atomic E-state index is 13.0. The number of likely N-dealkylation sites (tertiary alicyclic amines) is 1. The van der Waals surface area contributed by atoms with Crippen LogP contribution in [0.2, 0.25) is 5.02 Å². The molecule has 1 aliphatic heterocycles. The first-order valence-electron chi connectivity index (χ1n) is 6.30. The normalized spacial score (nSPS) is 19.3. The van der Waals surface area contributed by atoms with Crippen LogP contribution in [0.3, 0.4) is 0 Å². The molecule has 2 rings (SSSR count). The summed E-state index contributed by atoms with van der Waals surface area (Å²) < 4.78 is 13.0. The summed E-state index contributed by atoms with van der Waals surface area (Å²) in [6.45, 7) is 3.86. The summed E-state index contributed by atoms with van der Waals surface area (Å²) in [5, 5.41) is 9.59. The summed E-state index contributed by atoms with van der Waals surface area (Å²) in [6.07, 6.45) is 1.25. The minimum atomic E-state index is -0.730. The number of rotatable bonds is 3. The molecule has 0 atom stereocenters. The van der Waals surface area contributed by atoms with Crippen molar-refractivity contribution in [2.24, 2.45) is 5.41 Å². The van der Waals surface area contributed by atoms with Gasteiger partial charge in [-0.05, 0) is 50.6 Å². The van der Waals surface area contributed by atoms with Gasteiger partial charge in [-0.25, -0.2) is 4.39 Å². The van der Waals surface area contributed by atoms with Crippen molar-refractivity contribution < 1.29 is 14.3 Å². The molecular weight excluding hydrogens is 269 g/mol. The van der Waals surface area contributed by atoms with E-state index in [4.69, 9.17) is 16.7 Å². The van der Waals surface area contributed by atoms with E-state index in [1.54, 1.807) is 13.0 Å². The first-order valence-corrected chi connectivity index (χ1v) is 6.68. The molecule has 0 aliphatic carbocycles. The largest absolute Gasteiger partial charge is 0.481 e. The van der Waals surface area contributed by atoms with E-state index in [9.17, 15) is 9.18 Å². The highest BCUT2D eigenvalue weighted by atomic mass is 35.5. The molecule has 0 unspecified atom stereocenters. The molecule has 1 aromatic rings. The highest BCUT2D eigenvalue weighted by Gasteiger charge is 2.36. The number of carboxylic acid groups (broad SMARTS) is 1. The van der Waals surface area contributed by atoms with Crippen LogP contribution in [0, 0.1) is 11.2 Å². The highest BCUT2D eigenvalue weighted by molar-refractivity contribution is 6.31. The summed E-state index contributed by atoms with van der Waals surface area (Å²) in [5.41, 5.74) is 0.255. The molecule has 104 valence electrons. The fourth-order valence-corrected chi connectivity index (χ4v) is 2.54. The number of nitrogens with zero attached hydrogens (tertiary/aromatic N) is 1. The van der Waals surface area contributed by atoms with Crippen LogP contribution in [0.15, 0.2) is 18.2 Å². The van der Waals surface area contributed by atoms with E-state index in [1.807, 2.05) is 0 Å². The van der Waals surface area contributed by atoms with Crippen LogP contribution in [-0.2, 0) is 11.3 Å². The van der Waals surface area contributed by atoms with Gasteiger partial charge in [0.25, 0.3) is 0 Å². The van der Waals surface area contributed by atoms with E-state index in [1.165, 1.54) is 12.1 Å². The minimum absolute atomic E-state index is 0.342. The highest BCUT2D eigenvalue weighted by Crippen LogP contribution is 2.32. The van der Waals surface area contributed by atoms with E-state index in [0.29, 0.717) is 24.4 Å². The number of hydrogen-bond acceptors (Lipinski definition) is 2. The van der Waals surface area contributed by atoms with Gasteiger partial charge >= 0.3 is 5.97 Å². The van der Waals surface area contributed by atoms with E-state index < -0.39 is 11.4 Å². The molecule has 5 heteroatoms. The van der Waals surface area contributed by atoms with Gasteiger partial charge in [0.05, 0.1) is 5.41 Å². The van der Waals surface area contributed by atoms with Crippen molar-refractivity contribution >= 4 is 17.6 Å². The Bertz CT molecular complexity index is 484. The summed E-state index contributed by atoms with van der Waals surface area (Å²) in [6, 6.07) is 4.39. The van der Waals surface area contributed by atoms with Gasteiger partial charge in [0.15, 0.2) is 0 Å². The molecule has 1 aliphatic rings. The molecule has 1 saturated heterocycles. The third-order valence-corrected chi connectivity index (χ3v) is 4.24. The number of hydrogen-bond donors (Lipinski definition) is 1. The molecule has 0 aromatic heterocycles. The average molecular weight is 286 g/mol. The minimum Gasteiger partial charge on any atom is -0.481 e. The molecular formula is C14H17ClFNO2. The van der Waals surface area contributed by atoms with Crippen molar-refractivity contribution in [1.29, 1.82) is 0 Å². The lowest BCUT2D eigenvalue weighted by Crippen LogP contribution is -2.42. The van der Waals surface area contributed by atoms with E-state index in [0.717, 1.165) is 18.7 Å². The zero-order chi connectivity index (χ0) is 14.0. The van der Waals surface area contributed by atoms with Gasteiger partial charge in [0.1, 0.15) is 5.82 Å². The fraction of sp³-hybridized carbons (Fsp3) is 0.500. The predicted octanol–water partition coefficient (Wildman–Crippen LogP) is 3.17. The van der Waals surface area contributed by atoms with Gasteiger partial charge in [-0.3, -0.25) is 9.69 Å². The molecule has 19 heavy (non-hydrogen) atoms. The SMILES string of the molecule is CC1(C(=O)O)CCN(Cc2ccc(F)cc2Cl)CC1. The quantitative estimate of drug-likeness (QED) is 0.927. The van der Waals surface area contributed by atoms with Crippen molar-refractivity contribution in [1.82, 2.24) is 4.90 Å². The second-order valence-electron chi connectivity index (χ2n) is 5.38. The zero-order valence-electron chi connectivity index (χ0n) is 10.8. The van der Waals surface area contributed by atoms with Crippen molar-refractivity contribution in [3.05, 3.63) is 34.6 Å². The Morgan fingerprint density at radius 2 is 2.11 bits per heavy atom. The molecule has 0 saturated carbocycles. The summed E-state index contributed by atoms with van der Waals surface area (Å²) in [4.78, 5) is 13.3. The number of aliphatic carboxylic acids is 1. The van der Waals surface area contributed by atoms with Crippen molar-refractivity contribution in [3.63, 3.8) is 0 Å². The molecule has 1 aromatic carbocycles. The third-order valence-electron chi connectivity index (χ3n) is 3.88. The molecule has 0 spiro atoms. The molecule has 1 fully saturated rings. The Hall–Kier alpha value is -1.13. The third kappa shape index (κ3) is 3.25. The Labute approximate surface area is 117 Å². The van der Waals surface area contributed by atoms with E-state index in [2.05, 4.69) is 4.90 Å². The van der Waals surface area contributed by atoms with Crippen LogP contribution >= 0.6 is 11.6 Å².